The molecule has 0 bridgehead atoms. The second-order valence-electron chi connectivity index (χ2n) is 3.41. The number of carbonyl (C=O) groups is 1. The van der Waals surface area contributed by atoms with E-state index in [1.54, 1.807) is 0 Å². The van der Waals surface area contributed by atoms with Crippen molar-refractivity contribution in [2.75, 3.05) is 11.5 Å². The second kappa shape index (κ2) is 5.05. The van der Waals surface area contributed by atoms with E-state index in [0.717, 1.165) is 6.07 Å². The van der Waals surface area contributed by atoms with E-state index in [1.165, 1.54) is 25.1 Å². The smallest absolute Gasteiger partial charge is 0.270 e. The summed E-state index contributed by atoms with van der Waals surface area (Å²) in [4.78, 5) is 21.5. The van der Waals surface area contributed by atoms with Crippen molar-refractivity contribution in [3.05, 3.63) is 39.9 Å². The van der Waals surface area contributed by atoms with Crippen molar-refractivity contribution in [1.82, 2.24) is 0 Å². The third-order valence-corrected chi connectivity index (χ3v) is 3.75. The zero-order valence-electron chi connectivity index (χ0n) is 9.12. The summed E-state index contributed by atoms with van der Waals surface area (Å²) in [6.45, 7) is 1.44. The molecule has 0 aliphatic rings. The van der Waals surface area contributed by atoms with Gasteiger partial charge in [-0.15, -0.1) is 0 Å². The zero-order valence-corrected chi connectivity index (χ0v) is 9.94. The van der Waals surface area contributed by atoms with Gasteiger partial charge in [-0.1, -0.05) is 19.1 Å². The SMILES string of the molecule is CCS(=O)(=O)CC(=O)c1cccc([N+](=O)[O-])c1. The molecule has 0 N–H and O–H groups in total. The second-order valence-corrected chi connectivity index (χ2v) is 5.76. The number of hydrogen-bond acceptors (Lipinski definition) is 5. The van der Waals surface area contributed by atoms with Gasteiger partial charge in [0.05, 0.1) is 4.92 Å². The molecule has 0 saturated carbocycles. The summed E-state index contributed by atoms with van der Waals surface area (Å²) in [6.07, 6.45) is 0. The van der Waals surface area contributed by atoms with Crippen LogP contribution in [0, 0.1) is 10.1 Å². The molecule has 17 heavy (non-hydrogen) atoms. The molecule has 0 aliphatic heterocycles. The highest BCUT2D eigenvalue weighted by Crippen LogP contribution is 2.14. The normalized spacial score (nSPS) is 11.1. The molecular formula is C10H11NO5S. The van der Waals surface area contributed by atoms with Gasteiger partial charge >= 0.3 is 0 Å². The number of Topliss-reactive ketones (excluding diaryl/α,β-unsaturated/α-hetero) is 1. The maximum absolute atomic E-state index is 11.6. The fourth-order valence-corrected chi connectivity index (χ4v) is 1.95. The van der Waals surface area contributed by atoms with Crippen molar-refractivity contribution in [3.8, 4) is 0 Å². The van der Waals surface area contributed by atoms with Crippen LogP contribution in [0.15, 0.2) is 24.3 Å². The minimum atomic E-state index is -3.42. The van der Waals surface area contributed by atoms with Crippen LogP contribution < -0.4 is 0 Å². The minimum Gasteiger partial charge on any atom is -0.293 e. The third kappa shape index (κ3) is 3.63. The van der Waals surface area contributed by atoms with Gasteiger partial charge in [-0.05, 0) is 0 Å². The highest BCUT2D eigenvalue weighted by Gasteiger charge is 2.17. The number of nitro benzene ring substituents is 1. The van der Waals surface area contributed by atoms with E-state index in [0.29, 0.717) is 0 Å². The summed E-state index contributed by atoms with van der Waals surface area (Å²) in [7, 11) is -3.42. The van der Waals surface area contributed by atoms with Gasteiger partial charge in [0.25, 0.3) is 5.69 Å². The van der Waals surface area contributed by atoms with Crippen LogP contribution in [0.5, 0.6) is 0 Å². The number of nitro groups is 1. The van der Waals surface area contributed by atoms with Crippen molar-refractivity contribution in [2.24, 2.45) is 0 Å². The Kier molecular flexibility index (Phi) is 3.95. The van der Waals surface area contributed by atoms with E-state index >= 15 is 0 Å². The molecule has 0 fully saturated rings. The molecule has 1 rings (SSSR count). The van der Waals surface area contributed by atoms with Gasteiger partial charge < -0.3 is 0 Å². The lowest BCUT2D eigenvalue weighted by Gasteiger charge is -2.01. The number of carbonyl (C=O) groups excluding carboxylic acids is 1. The molecule has 0 aliphatic carbocycles. The van der Waals surface area contributed by atoms with E-state index in [-0.39, 0.29) is 17.0 Å². The van der Waals surface area contributed by atoms with Crippen LogP contribution in [-0.2, 0) is 9.84 Å². The monoisotopic (exact) mass is 257 g/mol. The Morgan fingerprint density at radius 3 is 2.59 bits per heavy atom. The van der Waals surface area contributed by atoms with Crippen LogP contribution in [0.25, 0.3) is 0 Å². The van der Waals surface area contributed by atoms with Gasteiger partial charge in [0.2, 0.25) is 0 Å². The summed E-state index contributed by atoms with van der Waals surface area (Å²) in [5, 5.41) is 10.5. The van der Waals surface area contributed by atoms with Gasteiger partial charge in [0.15, 0.2) is 15.6 Å². The average Bonchev–Trinajstić information content (AvgIpc) is 2.28. The molecule has 1 aromatic rings. The van der Waals surface area contributed by atoms with Crippen LogP contribution in [-0.4, -0.2) is 30.6 Å². The lowest BCUT2D eigenvalue weighted by atomic mass is 10.1. The van der Waals surface area contributed by atoms with Gasteiger partial charge in [0.1, 0.15) is 5.75 Å². The largest absolute Gasteiger partial charge is 0.293 e. The molecule has 0 aromatic heterocycles. The Labute approximate surface area is 98.3 Å². The van der Waals surface area contributed by atoms with E-state index in [2.05, 4.69) is 0 Å². The number of ketones is 1. The van der Waals surface area contributed by atoms with E-state index in [1.807, 2.05) is 0 Å². The number of benzene rings is 1. The molecule has 1 aromatic carbocycles. The highest BCUT2D eigenvalue weighted by molar-refractivity contribution is 7.92. The Morgan fingerprint density at radius 2 is 2.06 bits per heavy atom. The van der Waals surface area contributed by atoms with Gasteiger partial charge in [-0.3, -0.25) is 14.9 Å². The third-order valence-electron chi connectivity index (χ3n) is 2.17. The summed E-state index contributed by atoms with van der Waals surface area (Å²) >= 11 is 0. The highest BCUT2D eigenvalue weighted by atomic mass is 32.2. The fraction of sp³-hybridized carbons (Fsp3) is 0.300. The molecule has 0 radical (unpaired) electrons. The maximum atomic E-state index is 11.6. The summed E-state index contributed by atoms with van der Waals surface area (Å²) in [6, 6.07) is 5.03. The molecule has 92 valence electrons. The van der Waals surface area contributed by atoms with E-state index < -0.39 is 26.3 Å². The summed E-state index contributed by atoms with van der Waals surface area (Å²) in [5.41, 5.74) is -0.194. The first-order valence-corrected chi connectivity index (χ1v) is 6.66. The van der Waals surface area contributed by atoms with Crippen molar-refractivity contribution in [3.63, 3.8) is 0 Å². The molecule has 0 amide bonds. The summed E-state index contributed by atoms with van der Waals surface area (Å²) < 4.78 is 22.5. The van der Waals surface area contributed by atoms with Gasteiger partial charge in [-0.25, -0.2) is 8.42 Å². The fourth-order valence-electron chi connectivity index (χ4n) is 1.18. The molecule has 0 atom stereocenters. The molecule has 0 unspecified atom stereocenters. The predicted molar refractivity (Wildman–Crippen MR) is 61.8 cm³/mol. The van der Waals surface area contributed by atoms with E-state index in [9.17, 15) is 23.3 Å². The average molecular weight is 257 g/mol. The van der Waals surface area contributed by atoms with Crippen molar-refractivity contribution < 1.29 is 18.1 Å². The zero-order chi connectivity index (χ0) is 13.1. The molecule has 6 nitrogen and oxygen atoms in total. The number of nitrogens with zero attached hydrogens (tertiary/aromatic N) is 1. The molecular weight excluding hydrogens is 246 g/mol. The van der Waals surface area contributed by atoms with Crippen molar-refractivity contribution in [1.29, 1.82) is 0 Å². The van der Waals surface area contributed by atoms with Crippen LogP contribution in [0.3, 0.4) is 0 Å². The predicted octanol–water partition coefficient (Wildman–Crippen LogP) is 1.21. The van der Waals surface area contributed by atoms with Gasteiger partial charge in [0, 0.05) is 23.4 Å². The van der Waals surface area contributed by atoms with Crippen molar-refractivity contribution in [2.45, 2.75) is 6.92 Å². The lowest BCUT2D eigenvalue weighted by Crippen LogP contribution is -2.17. The lowest BCUT2D eigenvalue weighted by molar-refractivity contribution is -0.384. The number of hydrogen-bond donors (Lipinski definition) is 0. The van der Waals surface area contributed by atoms with Gasteiger partial charge in [-0.2, -0.15) is 0 Å². The van der Waals surface area contributed by atoms with Crippen LogP contribution in [0.2, 0.25) is 0 Å². The number of rotatable bonds is 5. The number of sulfone groups is 1. The topological polar surface area (TPSA) is 94.3 Å². The number of non-ortho nitro benzene ring substituents is 1. The minimum absolute atomic E-state index is 0.0382. The Bertz CT molecular complexity index is 550. The first kappa shape index (κ1) is 13.3. The quantitative estimate of drug-likeness (QED) is 0.449. The summed E-state index contributed by atoms with van der Waals surface area (Å²) in [5.74, 6) is -1.38. The first-order chi connectivity index (χ1) is 7.85. The Balaban J connectivity index is 2.98. The Morgan fingerprint density at radius 1 is 1.41 bits per heavy atom. The van der Waals surface area contributed by atoms with Crippen LogP contribution in [0.4, 0.5) is 5.69 Å². The standard InChI is InChI=1S/C10H11NO5S/c1-2-17(15,16)7-10(12)8-4-3-5-9(6-8)11(13)14/h3-6H,2,7H2,1H3. The maximum Gasteiger partial charge on any atom is 0.270 e. The first-order valence-electron chi connectivity index (χ1n) is 4.84. The van der Waals surface area contributed by atoms with E-state index in [4.69, 9.17) is 0 Å². The molecule has 0 spiro atoms. The van der Waals surface area contributed by atoms with Crippen LogP contribution >= 0.6 is 0 Å². The molecule has 7 heteroatoms. The Hall–Kier alpha value is -1.76. The van der Waals surface area contributed by atoms with Crippen molar-refractivity contribution >= 4 is 21.3 Å². The van der Waals surface area contributed by atoms with Crippen LogP contribution in [0.1, 0.15) is 17.3 Å². The molecule has 0 heterocycles. The molecule has 0 saturated heterocycles.